The predicted molar refractivity (Wildman–Crippen MR) is 170 cm³/mol. The van der Waals surface area contributed by atoms with Gasteiger partial charge in [-0.25, -0.2) is 9.97 Å². The molecule has 9 nitrogen and oxygen atoms in total. The van der Waals surface area contributed by atoms with Crippen molar-refractivity contribution in [2.75, 3.05) is 18.0 Å². The SMILES string of the molecule is CCCCc1nc2c(N)nc3ccccc3c2n1CCCCNC(=O)CCC(=O)NCc1cccccccc(N)c1. The van der Waals surface area contributed by atoms with Gasteiger partial charge in [-0.3, -0.25) is 9.59 Å². The number of nitrogen functional groups attached to an aromatic ring is 2. The van der Waals surface area contributed by atoms with Crippen molar-refractivity contribution in [1.82, 2.24) is 25.2 Å². The number of hydrogen-bond acceptors (Lipinski definition) is 6. The summed E-state index contributed by atoms with van der Waals surface area (Å²) < 4.78 is 2.28. The summed E-state index contributed by atoms with van der Waals surface area (Å²) in [7, 11) is 0. The lowest BCUT2D eigenvalue weighted by atomic mass is 10.1. The summed E-state index contributed by atoms with van der Waals surface area (Å²) in [5, 5.41) is 6.86. The summed E-state index contributed by atoms with van der Waals surface area (Å²) in [5.41, 5.74) is 16.4. The van der Waals surface area contributed by atoms with E-state index < -0.39 is 0 Å². The van der Waals surface area contributed by atoms with Gasteiger partial charge in [0.15, 0.2) is 5.82 Å². The molecular formula is C33H41N7O2. The molecule has 0 aliphatic rings. The topological polar surface area (TPSA) is 141 Å². The summed E-state index contributed by atoms with van der Waals surface area (Å²) in [6, 6.07) is 23.0. The first-order valence-electron chi connectivity index (χ1n) is 14.7. The van der Waals surface area contributed by atoms with Gasteiger partial charge in [-0.1, -0.05) is 67.9 Å². The normalized spacial score (nSPS) is 10.9. The average molecular weight is 568 g/mol. The van der Waals surface area contributed by atoms with E-state index in [2.05, 4.69) is 33.2 Å². The Labute approximate surface area is 247 Å². The van der Waals surface area contributed by atoms with Crippen LogP contribution in [0.15, 0.2) is 72.8 Å². The van der Waals surface area contributed by atoms with Crippen molar-refractivity contribution < 1.29 is 9.59 Å². The van der Waals surface area contributed by atoms with Gasteiger partial charge in [-0.15, -0.1) is 0 Å². The monoisotopic (exact) mass is 567 g/mol. The molecule has 2 amide bonds. The van der Waals surface area contributed by atoms with Gasteiger partial charge in [-0.05, 0) is 43.0 Å². The summed E-state index contributed by atoms with van der Waals surface area (Å²) in [4.78, 5) is 34.2. The van der Waals surface area contributed by atoms with Crippen LogP contribution in [0.2, 0.25) is 0 Å². The van der Waals surface area contributed by atoms with Crippen molar-refractivity contribution in [2.24, 2.45) is 0 Å². The number of aryl methyl sites for hydroxylation is 2. The Kier molecular flexibility index (Phi) is 11.1. The van der Waals surface area contributed by atoms with Crippen LogP contribution in [0.4, 0.5) is 11.5 Å². The highest BCUT2D eigenvalue weighted by molar-refractivity contribution is 6.06. The van der Waals surface area contributed by atoms with Crippen LogP contribution in [0.5, 0.6) is 0 Å². The Morgan fingerprint density at radius 1 is 0.833 bits per heavy atom. The van der Waals surface area contributed by atoms with E-state index in [1.54, 1.807) is 6.07 Å². The Bertz CT molecular complexity index is 1580. The van der Waals surface area contributed by atoms with Gasteiger partial charge in [0.1, 0.15) is 11.3 Å². The first-order chi connectivity index (χ1) is 20.5. The molecule has 4 aromatic rings. The summed E-state index contributed by atoms with van der Waals surface area (Å²) in [5.74, 6) is 1.17. The molecule has 42 heavy (non-hydrogen) atoms. The summed E-state index contributed by atoms with van der Waals surface area (Å²) in [6.07, 6.45) is 4.95. The molecule has 9 heteroatoms. The maximum Gasteiger partial charge on any atom is 0.220 e. The number of anilines is 2. The molecular weight excluding hydrogens is 526 g/mol. The molecule has 2 aromatic heterocycles. The second-order valence-corrected chi connectivity index (χ2v) is 10.3. The van der Waals surface area contributed by atoms with E-state index in [1.807, 2.05) is 60.7 Å². The number of rotatable bonds is 13. The van der Waals surface area contributed by atoms with Crippen LogP contribution in [0.25, 0.3) is 21.9 Å². The number of hydrogen-bond donors (Lipinski definition) is 4. The molecule has 0 atom stereocenters. The highest BCUT2D eigenvalue weighted by atomic mass is 16.2. The Morgan fingerprint density at radius 2 is 1.55 bits per heavy atom. The van der Waals surface area contributed by atoms with Crippen LogP contribution >= 0.6 is 0 Å². The van der Waals surface area contributed by atoms with Crippen LogP contribution in [0, 0.1) is 0 Å². The van der Waals surface area contributed by atoms with Crippen molar-refractivity contribution in [3.63, 3.8) is 0 Å². The van der Waals surface area contributed by atoms with Crippen molar-refractivity contribution >= 4 is 45.3 Å². The standard InChI is InChI=1S/C33H41N7O2/c1-2-3-17-28-39-31-32(26-15-9-10-16-27(26)38-33(31)35)40(28)21-12-11-20-36-29(41)18-19-30(42)37-23-24-13-7-5-4-6-8-14-25(34)22-24/h4-10,13-16,22H,2-3,11-12,17-21,23,34H2,1H3,(H2,35,38)(H,36,41)(H,37,42). The van der Waals surface area contributed by atoms with E-state index in [0.717, 1.165) is 72.0 Å². The molecule has 0 fully saturated rings. The zero-order valence-electron chi connectivity index (χ0n) is 24.3. The van der Waals surface area contributed by atoms with Gasteiger partial charge in [0.25, 0.3) is 0 Å². The van der Waals surface area contributed by atoms with Crippen molar-refractivity contribution in [2.45, 2.75) is 65.0 Å². The molecule has 4 rings (SSSR count). The third-order valence-corrected chi connectivity index (χ3v) is 7.04. The van der Waals surface area contributed by atoms with Crippen LogP contribution < -0.4 is 22.1 Å². The number of benzene rings is 1. The van der Waals surface area contributed by atoms with Crippen LogP contribution in [0.3, 0.4) is 0 Å². The Hall–Kier alpha value is -4.66. The first-order valence-corrected chi connectivity index (χ1v) is 14.7. The van der Waals surface area contributed by atoms with Gasteiger partial charge in [0.05, 0.1) is 11.0 Å². The van der Waals surface area contributed by atoms with E-state index in [9.17, 15) is 9.59 Å². The maximum atomic E-state index is 12.4. The van der Waals surface area contributed by atoms with E-state index in [-0.39, 0.29) is 24.7 Å². The molecule has 0 saturated carbocycles. The largest absolute Gasteiger partial charge is 0.399 e. The fourth-order valence-electron chi connectivity index (χ4n) is 4.86. The molecule has 0 radical (unpaired) electrons. The second-order valence-electron chi connectivity index (χ2n) is 10.3. The number of fused-ring (bicyclic) bond motifs is 3. The van der Waals surface area contributed by atoms with Crippen molar-refractivity contribution in [3.05, 3.63) is 84.2 Å². The molecule has 2 aromatic carbocycles. The lowest BCUT2D eigenvalue weighted by molar-refractivity contribution is -0.126. The van der Waals surface area contributed by atoms with E-state index >= 15 is 0 Å². The van der Waals surface area contributed by atoms with Gasteiger partial charge in [0.2, 0.25) is 11.8 Å². The van der Waals surface area contributed by atoms with Crippen LogP contribution in [-0.4, -0.2) is 32.9 Å². The Balaban J connectivity index is 1.25. The lowest BCUT2D eigenvalue weighted by Crippen LogP contribution is -2.28. The Morgan fingerprint density at radius 3 is 2.36 bits per heavy atom. The minimum absolute atomic E-state index is 0.126. The second kappa shape index (κ2) is 15.4. The summed E-state index contributed by atoms with van der Waals surface area (Å²) in [6.45, 7) is 3.83. The molecule has 0 unspecified atom stereocenters. The zero-order chi connectivity index (χ0) is 29.7. The van der Waals surface area contributed by atoms with Crippen LogP contribution in [-0.2, 0) is 29.1 Å². The van der Waals surface area contributed by atoms with E-state index in [4.69, 9.17) is 16.5 Å². The quantitative estimate of drug-likeness (QED) is 0.164. The number of carbonyl (C=O) groups excluding carboxylic acids is 2. The molecule has 0 spiro atoms. The van der Waals surface area contributed by atoms with Gasteiger partial charge >= 0.3 is 0 Å². The third kappa shape index (κ3) is 8.42. The lowest BCUT2D eigenvalue weighted by Gasteiger charge is -2.11. The fourth-order valence-corrected chi connectivity index (χ4v) is 4.86. The molecule has 0 bridgehead atoms. The third-order valence-electron chi connectivity index (χ3n) is 7.04. The average Bonchev–Trinajstić information content (AvgIpc) is 3.36. The minimum atomic E-state index is -0.179. The smallest absolute Gasteiger partial charge is 0.220 e. The number of unbranched alkanes of at least 4 members (excludes halogenated alkanes) is 2. The van der Waals surface area contributed by atoms with Crippen molar-refractivity contribution in [3.8, 4) is 0 Å². The molecule has 2 heterocycles. The van der Waals surface area contributed by atoms with E-state index in [1.165, 1.54) is 0 Å². The summed E-state index contributed by atoms with van der Waals surface area (Å²) >= 11 is 0. The molecule has 0 aliphatic carbocycles. The van der Waals surface area contributed by atoms with Gasteiger partial charge in [0, 0.05) is 50.0 Å². The fraction of sp³-hybridized carbons (Fsp3) is 0.333. The molecule has 0 aliphatic heterocycles. The zero-order valence-corrected chi connectivity index (χ0v) is 24.3. The van der Waals surface area contributed by atoms with Gasteiger partial charge in [-0.2, -0.15) is 0 Å². The van der Waals surface area contributed by atoms with E-state index in [0.29, 0.717) is 24.6 Å². The highest BCUT2D eigenvalue weighted by Gasteiger charge is 2.17. The highest BCUT2D eigenvalue weighted by Crippen LogP contribution is 2.29. The predicted octanol–water partition coefficient (Wildman–Crippen LogP) is 5.21. The maximum absolute atomic E-state index is 12.4. The number of carbonyl (C=O) groups is 2. The number of nitrogens with zero attached hydrogens (tertiary/aromatic N) is 3. The minimum Gasteiger partial charge on any atom is -0.399 e. The first kappa shape index (κ1) is 30.3. The molecule has 0 saturated heterocycles. The number of amides is 2. The number of pyridine rings is 1. The van der Waals surface area contributed by atoms with Crippen LogP contribution in [0.1, 0.15) is 56.8 Å². The number of nitrogens with one attached hydrogen (secondary N) is 2. The molecule has 220 valence electrons. The molecule has 6 N–H and O–H groups in total. The number of nitrogens with two attached hydrogens (primary N) is 2. The number of para-hydroxylation sites is 1. The van der Waals surface area contributed by atoms with Crippen molar-refractivity contribution in [1.29, 1.82) is 0 Å². The number of imidazole rings is 1. The van der Waals surface area contributed by atoms with Gasteiger partial charge < -0.3 is 26.7 Å². The number of aromatic nitrogens is 3.